The first kappa shape index (κ1) is 13.0. The van der Waals surface area contributed by atoms with Crippen molar-refractivity contribution in [2.24, 2.45) is 5.73 Å². The van der Waals surface area contributed by atoms with Gasteiger partial charge in [-0.05, 0) is 18.2 Å². The lowest BCUT2D eigenvalue weighted by Gasteiger charge is -2.21. The topological polar surface area (TPSA) is 78.9 Å². The molecule has 0 aromatic carbocycles. The van der Waals surface area contributed by atoms with Crippen molar-refractivity contribution in [1.29, 1.82) is 5.41 Å². The summed E-state index contributed by atoms with van der Waals surface area (Å²) in [5.74, 6) is 0.0575. The van der Waals surface area contributed by atoms with Gasteiger partial charge in [0.1, 0.15) is 5.84 Å². The molecule has 0 aliphatic carbocycles. The molecule has 3 N–H and O–H groups in total. The molecule has 0 unspecified atom stereocenters. The third kappa shape index (κ3) is 3.28. The molecule has 0 aliphatic rings. The van der Waals surface area contributed by atoms with Gasteiger partial charge in [-0.3, -0.25) is 15.4 Å². The van der Waals surface area contributed by atoms with Gasteiger partial charge in [0.2, 0.25) is 0 Å². The van der Waals surface area contributed by atoms with Crippen molar-refractivity contribution >= 4 is 11.5 Å². The number of nitrogens with two attached hydrogens (primary N) is 1. The molecule has 0 radical (unpaired) electrons. The number of pyridine rings is 2. The first-order valence-electron chi connectivity index (χ1n) is 6.08. The predicted molar refractivity (Wildman–Crippen MR) is 76.5 cm³/mol. The highest BCUT2D eigenvalue weighted by Crippen LogP contribution is 2.17. The molecule has 5 heteroatoms. The van der Waals surface area contributed by atoms with Gasteiger partial charge in [-0.25, -0.2) is 0 Å². The molecule has 98 valence electrons. The molecule has 5 nitrogen and oxygen atoms in total. The summed E-state index contributed by atoms with van der Waals surface area (Å²) in [5.41, 5.74) is 8.19. The van der Waals surface area contributed by atoms with E-state index >= 15 is 0 Å². The van der Waals surface area contributed by atoms with E-state index in [9.17, 15) is 0 Å². The van der Waals surface area contributed by atoms with E-state index in [0.29, 0.717) is 5.56 Å². The summed E-state index contributed by atoms with van der Waals surface area (Å²) in [6, 6.07) is 7.65. The Hall–Kier alpha value is -2.43. The van der Waals surface area contributed by atoms with E-state index in [2.05, 4.69) is 9.97 Å². The molecule has 19 heavy (non-hydrogen) atoms. The summed E-state index contributed by atoms with van der Waals surface area (Å²) < 4.78 is 0. The van der Waals surface area contributed by atoms with Gasteiger partial charge in [-0.15, -0.1) is 0 Å². The van der Waals surface area contributed by atoms with E-state index in [4.69, 9.17) is 11.1 Å². The second kappa shape index (κ2) is 5.95. The van der Waals surface area contributed by atoms with Crippen LogP contribution in [0.2, 0.25) is 0 Å². The second-order valence-corrected chi connectivity index (χ2v) is 4.30. The van der Waals surface area contributed by atoms with Gasteiger partial charge in [0.05, 0.1) is 11.9 Å². The van der Waals surface area contributed by atoms with Gasteiger partial charge in [-0.2, -0.15) is 0 Å². The van der Waals surface area contributed by atoms with E-state index in [1.165, 1.54) is 0 Å². The van der Waals surface area contributed by atoms with Gasteiger partial charge in [0, 0.05) is 43.7 Å². The number of nitrogens with one attached hydrogen (secondary N) is 1. The number of amidine groups is 1. The summed E-state index contributed by atoms with van der Waals surface area (Å²) in [7, 11) is 1.96. The Labute approximate surface area is 112 Å². The number of aromatic nitrogens is 2. The minimum atomic E-state index is 0.0575. The Morgan fingerprint density at radius 3 is 2.84 bits per heavy atom. The number of rotatable bonds is 5. The lowest BCUT2D eigenvalue weighted by Crippen LogP contribution is -2.24. The predicted octanol–water partition coefficient (Wildman–Crippen LogP) is 1.44. The van der Waals surface area contributed by atoms with Crippen molar-refractivity contribution in [3.8, 4) is 0 Å². The van der Waals surface area contributed by atoms with E-state index < -0.39 is 0 Å². The van der Waals surface area contributed by atoms with Gasteiger partial charge < -0.3 is 10.6 Å². The molecule has 0 aliphatic heterocycles. The van der Waals surface area contributed by atoms with Crippen LogP contribution in [-0.2, 0) is 6.42 Å². The summed E-state index contributed by atoms with van der Waals surface area (Å²) in [6.45, 7) is 0.795. The summed E-state index contributed by atoms with van der Waals surface area (Å²) in [5, 5.41) is 7.58. The Morgan fingerprint density at radius 2 is 2.16 bits per heavy atom. The van der Waals surface area contributed by atoms with Crippen molar-refractivity contribution < 1.29 is 0 Å². The maximum atomic E-state index is 7.58. The van der Waals surface area contributed by atoms with Crippen LogP contribution in [-0.4, -0.2) is 29.4 Å². The fourth-order valence-corrected chi connectivity index (χ4v) is 1.87. The highest BCUT2D eigenvalue weighted by Gasteiger charge is 2.09. The maximum Gasteiger partial charge on any atom is 0.125 e. The van der Waals surface area contributed by atoms with Crippen molar-refractivity contribution in [2.75, 3.05) is 18.5 Å². The van der Waals surface area contributed by atoms with Crippen LogP contribution < -0.4 is 10.6 Å². The van der Waals surface area contributed by atoms with E-state index in [0.717, 1.165) is 24.3 Å². The fourth-order valence-electron chi connectivity index (χ4n) is 1.87. The summed E-state index contributed by atoms with van der Waals surface area (Å²) >= 11 is 0. The van der Waals surface area contributed by atoms with E-state index in [1.807, 2.05) is 30.1 Å². The van der Waals surface area contributed by atoms with Crippen molar-refractivity contribution in [3.05, 3.63) is 54.1 Å². The molecule has 2 aromatic rings. The molecule has 0 amide bonds. The van der Waals surface area contributed by atoms with Crippen molar-refractivity contribution in [3.63, 3.8) is 0 Å². The average Bonchev–Trinajstić information content (AvgIpc) is 2.46. The molecule has 0 saturated heterocycles. The molecule has 2 aromatic heterocycles. The van der Waals surface area contributed by atoms with Gasteiger partial charge in [-0.1, -0.05) is 6.07 Å². The minimum absolute atomic E-state index is 0.0575. The first-order chi connectivity index (χ1) is 9.18. The number of likely N-dealkylation sites (N-methyl/N-ethyl adjacent to an activating group) is 1. The molecule has 2 rings (SSSR count). The molecule has 0 spiro atoms. The molecular weight excluding hydrogens is 238 g/mol. The van der Waals surface area contributed by atoms with Gasteiger partial charge in [0.15, 0.2) is 0 Å². The van der Waals surface area contributed by atoms with Crippen molar-refractivity contribution in [2.45, 2.75) is 6.42 Å². The third-order valence-corrected chi connectivity index (χ3v) is 2.93. The average molecular weight is 255 g/mol. The number of nitrogen functional groups attached to an aromatic ring is 1. The van der Waals surface area contributed by atoms with E-state index in [1.54, 1.807) is 24.7 Å². The normalized spacial score (nSPS) is 10.2. The zero-order chi connectivity index (χ0) is 13.7. The van der Waals surface area contributed by atoms with Crippen molar-refractivity contribution in [1.82, 2.24) is 9.97 Å². The molecule has 0 fully saturated rings. The lowest BCUT2D eigenvalue weighted by atomic mass is 10.2. The van der Waals surface area contributed by atoms with Crippen LogP contribution in [0.15, 0.2) is 42.9 Å². The molecule has 0 bridgehead atoms. The highest BCUT2D eigenvalue weighted by molar-refractivity contribution is 6.00. The zero-order valence-corrected chi connectivity index (χ0v) is 10.9. The first-order valence-corrected chi connectivity index (χ1v) is 6.08. The number of anilines is 1. The Kier molecular flexibility index (Phi) is 4.07. The quantitative estimate of drug-likeness (QED) is 0.626. The molecule has 2 heterocycles. The monoisotopic (exact) mass is 255 g/mol. The Bertz CT molecular complexity index is 553. The SMILES string of the molecule is CN(CCc1ccccn1)c1cnccc1C(=N)N. The van der Waals surface area contributed by atoms with Crippen LogP contribution in [0.1, 0.15) is 11.3 Å². The Balaban J connectivity index is 2.08. The van der Waals surface area contributed by atoms with Crippen LogP contribution in [0, 0.1) is 5.41 Å². The second-order valence-electron chi connectivity index (χ2n) is 4.30. The van der Waals surface area contributed by atoms with Crippen LogP contribution in [0.4, 0.5) is 5.69 Å². The summed E-state index contributed by atoms with van der Waals surface area (Å²) in [6.07, 6.45) is 6.01. The molecule has 0 atom stereocenters. The number of hydrogen-bond acceptors (Lipinski definition) is 4. The maximum absolute atomic E-state index is 7.58. The van der Waals surface area contributed by atoms with Gasteiger partial charge >= 0.3 is 0 Å². The zero-order valence-electron chi connectivity index (χ0n) is 10.9. The van der Waals surface area contributed by atoms with Crippen LogP contribution in [0.25, 0.3) is 0 Å². The lowest BCUT2D eigenvalue weighted by molar-refractivity contribution is 0.849. The largest absolute Gasteiger partial charge is 0.384 e. The smallest absolute Gasteiger partial charge is 0.125 e. The van der Waals surface area contributed by atoms with Crippen LogP contribution >= 0.6 is 0 Å². The Morgan fingerprint density at radius 1 is 1.32 bits per heavy atom. The van der Waals surface area contributed by atoms with Crippen LogP contribution in [0.5, 0.6) is 0 Å². The standard InChI is InChI=1S/C14H17N5/c1-19(9-6-11-4-2-3-7-18-11)13-10-17-8-5-12(13)14(15)16/h2-5,7-8,10H,6,9H2,1H3,(H3,15,16). The molecule has 0 saturated carbocycles. The summed E-state index contributed by atoms with van der Waals surface area (Å²) in [4.78, 5) is 10.4. The van der Waals surface area contributed by atoms with E-state index in [-0.39, 0.29) is 5.84 Å². The van der Waals surface area contributed by atoms with Gasteiger partial charge in [0.25, 0.3) is 0 Å². The number of nitrogens with zero attached hydrogens (tertiary/aromatic N) is 3. The fraction of sp³-hybridized carbons (Fsp3) is 0.214. The van der Waals surface area contributed by atoms with Crippen LogP contribution in [0.3, 0.4) is 0 Å². The molecular formula is C14H17N5. The minimum Gasteiger partial charge on any atom is -0.384 e. The third-order valence-electron chi connectivity index (χ3n) is 2.93. The highest BCUT2D eigenvalue weighted by atomic mass is 15.1. The number of hydrogen-bond donors (Lipinski definition) is 2.